The Morgan fingerprint density at radius 2 is 2.33 bits per heavy atom. The molecule has 1 atom stereocenters. The molecule has 0 aromatic carbocycles. The molecule has 9 heavy (non-hydrogen) atoms. The van der Waals surface area contributed by atoms with E-state index in [1.54, 1.807) is 14.0 Å². The number of ketones is 1. The molecule has 1 N–H and O–H groups in total. The Kier molecular flexibility index (Phi) is 4.41. The summed E-state index contributed by atoms with van der Waals surface area (Å²) in [6.45, 7) is 1.57. The molecule has 0 aliphatic heterocycles. The minimum atomic E-state index is -0.0463. The Morgan fingerprint density at radius 3 is 2.44 bits per heavy atom. The zero-order chi connectivity index (χ0) is 7.28. The van der Waals surface area contributed by atoms with Crippen LogP contribution in [0.3, 0.4) is 0 Å². The summed E-state index contributed by atoms with van der Waals surface area (Å²) in [7, 11) is 7.02. The summed E-state index contributed by atoms with van der Waals surface area (Å²) in [6, 6.07) is -0.0463. The Labute approximate surface area is 57.4 Å². The number of carbonyl (C=O) groups excluding carboxylic acids is 1. The predicted molar refractivity (Wildman–Crippen MR) is 38.7 cm³/mol. The molecule has 0 rings (SSSR count). The third kappa shape index (κ3) is 3.30. The second kappa shape index (κ2) is 4.56. The number of likely N-dealkylation sites (N-methyl/N-ethyl adjacent to an activating group) is 1. The van der Waals surface area contributed by atoms with Crippen LogP contribution in [0.4, 0.5) is 0 Å². The summed E-state index contributed by atoms with van der Waals surface area (Å²) in [4.78, 5) is 10.6. The van der Waals surface area contributed by atoms with Crippen LogP contribution in [0.15, 0.2) is 0 Å². The van der Waals surface area contributed by atoms with E-state index < -0.39 is 0 Å². The normalized spacial score (nSPS) is 13.1. The van der Waals surface area contributed by atoms with Gasteiger partial charge in [-0.2, -0.15) is 0 Å². The maximum Gasteiger partial charge on any atom is 0.146 e. The highest BCUT2D eigenvalue weighted by Crippen LogP contribution is 1.94. The van der Waals surface area contributed by atoms with Gasteiger partial charge in [0.25, 0.3) is 0 Å². The van der Waals surface area contributed by atoms with Crippen molar-refractivity contribution in [2.75, 3.05) is 7.05 Å². The van der Waals surface area contributed by atoms with Crippen molar-refractivity contribution in [2.24, 2.45) is 0 Å². The lowest BCUT2D eigenvalue weighted by atomic mass is 9.96. The van der Waals surface area contributed by atoms with E-state index in [1.807, 2.05) is 0 Å². The Bertz CT molecular complexity index is 95.1. The van der Waals surface area contributed by atoms with Crippen molar-refractivity contribution >= 4 is 13.6 Å². The molecule has 0 heterocycles. The molecule has 0 spiro atoms. The number of hydrogen-bond donors (Lipinski definition) is 1. The average Bonchev–Trinajstić information content (AvgIpc) is 1.82. The molecule has 3 heteroatoms. The molecular formula is C6H12BNO. The lowest BCUT2D eigenvalue weighted by molar-refractivity contribution is -0.118. The van der Waals surface area contributed by atoms with Crippen LogP contribution in [0.5, 0.6) is 0 Å². The summed E-state index contributed by atoms with van der Waals surface area (Å²) >= 11 is 0. The fourth-order valence-electron chi connectivity index (χ4n) is 0.718. The monoisotopic (exact) mass is 125 g/mol. The molecule has 0 aromatic rings. The molecule has 0 aliphatic rings. The van der Waals surface area contributed by atoms with Gasteiger partial charge in [0.1, 0.15) is 5.78 Å². The van der Waals surface area contributed by atoms with Crippen molar-refractivity contribution in [3.05, 3.63) is 0 Å². The van der Waals surface area contributed by atoms with E-state index in [2.05, 4.69) is 5.32 Å². The number of rotatable bonds is 4. The summed E-state index contributed by atoms with van der Waals surface area (Å²) in [5.41, 5.74) is 0. The van der Waals surface area contributed by atoms with E-state index >= 15 is 0 Å². The first-order valence-corrected chi connectivity index (χ1v) is 3.10. The molecule has 0 saturated heterocycles. The van der Waals surface area contributed by atoms with E-state index in [0.717, 1.165) is 6.42 Å². The molecular weight excluding hydrogens is 113 g/mol. The SMILES string of the molecule is [B]CCC(NC)C(C)=O. The third-order valence-electron chi connectivity index (χ3n) is 1.29. The van der Waals surface area contributed by atoms with Crippen LogP contribution >= 0.6 is 0 Å². The summed E-state index contributed by atoms with van der Waals surface area (Å²) < 4.78 is 0. The fraction of sp³-hybridized carbons (Fsp3) is 0.833. The largest absolute Gasteiger partial charge is 0.311 e. The third-order valence-corrected chi connectivity index (χ3v) is 1.29. The van der Waals surface area contributed by atoms with Crippen LogP contribution < -0.4 is 5.32 Å². The van der Waals surface area contributed by atoms with Gasteiger partial charge in [-0.1, -0.05) is 6.32 Å². The van der Waals surface area contributed by atoms with Crippen molar-refractivity contribution in [3.8, 4) is 0 Å². The summed E-state index contributed by atoms with van der Waals surface area (Å²) in [5.74, 6) is 0.156. The van der Waals surface area contributed by atoms with Gasteiger partial charge in [-0.15, -0.1) is 0 Å². The van der Waals surface area contributed by atoms with Gasteiger partial charge in [-0.25, -0.2) is 0 Å². The lowest BCUT2D eigenvalue weighted by Gasteiger charge is -2.09. The smallest absolute Gasteiger partial charge is 0.146 e. The first-order valence-electron chi connectivity index (χ1n) is 3.10. The van der Waals surface area contributed by atoms with Gasteiger partial charge in [0.05, 0.1) is 13.9 Å². The highest BCUT2D eigenvalue weighted by molar-refractivity contribution is 6.08. The molecule has 2 nitrogen and oxygen atoms in total. The molecule has 0 amide bonds. The van der Waals surface area contributed by atoms with Gasteiger partial charge in [0, 0.05) is 0 Å². The summed E-state index contributed by atoms with van der Waals surface area (Å²) in [5, 5.41) is 2.87. The van der Waals surface area contributed by atoms with Gasteiger partial charge in [-0.3, -0.25) is 4.79 Å². The minimum absolute atomic E-state index is 0.0463. The van der Waals surface area contributed by atoms with Crippen LogP contribution in [0.2, 0.25) is 6.32 Å². The van der Waals surface area contributed by atoms with Gasteiger partial charge < -0.3 is 5.32 Å². The van der Waals surface area contributed by atoms with Crippen molar-refractivity contribution in [3.63, 3.8) is 0 Å². The highest BCUT2D eigenvalue weighted by Gasteiger charge is 2.07. The number of hydrogen-bond acceptors (Lipinski definition) is 2. The number of Topliss-reactive ketones (excluding diaryl/α,β-unsaturated/α-hetero) is 1. The van der Waals surface area contributed by atoms with Gasteiger partial charge >= 0.3 is 0 Å². The minimum Gasteiger partial charge on any atom is -0.311 e. The van der Waals surface area contributed by atoms with Crippen LogP contribution in [0.1, 0.15) is 13.3 Å². The van der Waals surface area contributed by atoms with Crippen LogP contribution in [-0.2, 0) is 4.79 Å². The van der Waals surface area contributed by atoms with Crippen LogP contribution in [0, 0.1) is 0 Å². The van der Waals surface area contributed by atoms with Crippen molar-refractivity contribution in [2.45, 2.75) is 25.7 Å². The molecule has 2 radical (unpaired) electrons. The molecule has 0 aliphatic carbocycles. The lowest BCUT2D eigenvalue weighted by Crippen LogP contribution is -2.31. The van der Waals surface area contributed by atoms with Crippen molar-refractivity contribution in [1.82, 2.24) is 5.32 Å². The Hall–Kier alpha value is -0.305. The van der Waals surface area contributed by atoms with Gasteiger partial charge in [-0.05, 0) is 20.4 Å². The first-order chi connectivity index (χ1) is 4.22. The second-order valence-electron chi connectivity index (χ2n) is 2.03. The molecule has 0 saturated carbocycles. The maximum absolute atomic E-state index is 10.6. The maximum atomic E-state index is 10.6. The molecule has 0 fully saturated rings. The zero-order valence-electron chi connectivity index (χ0n) is 5.98. The highest BCUT2D eigenvalue weighted by atomic mass is 16.1. The summed E-state index contributed by atoms with van der Waals surface area (Å²) in [6.07, 6.45) is 1.29. The van der Waals surface area contributed by atoms with Crippen LogP contribution in [-0.4, -0.2) is 26.7 Å². The van der Waals surface area contributed by atoms with Crippen LogP contribution in [0.25, 0.3) is 0 Å². The van der Waals surface area contributed by atoms with E-state index in [-0.39, 0.29) is 11.8 Å². The number of carbonyl (C=O) groups is 1. The predicted octanol–water partition coefficient (Wildman–Crippen LogP) is 0.140. The molecule has 50 valence electrons. The van der Waals surface area contributed by atoms with Gasteiger partial charge in [0.2, 0.25) is 0 Å². The van der Waals surface area contributed by atoms with Crippen molar-refractivity contribution in [1.29, 1.82) is 0 Å². The fourth-order valence-corrected chi connectivity index (χ4v) is 0.718. The number of nitrogens with one attached hydrogen (secondary N) is 1. The standard InChI is InChI=1S/C6H12BNO/c1-5(9)6(8-2)3-4-7/h6,8H,3-4H2,1-2H3. The van der Waals surface area contributed by atoms with Crippen molar-refractivity contribution < 1.29 is 4.79 Å². The molecule has 0 aromatic heterocycles. The zero-order valence-corrected chi connectivity index (χ0v) is 5.98. The topological polar surface area (TPSA) is 29.1 Å². The average molecular weight is 125 g/mol. The first kappa shape index (κ1) is 8.69. The van der Waals surface area contributed by atoms with E-state index in [4.69, 9.17) is 7.85 Å². The molecule has 0 bridgehead atoms. The van der Waals surface area contributed by atoms with E-state index in [0.29, 0.717) is 6.32 Å². The van der Waals surface area contributed by atoms with Gasteiger partial charge in [0.15, 0.2) is 0 Å². The Morgan fingerprint density at radius 1 is 1.78 bits per heavy atom. The van der Waals surface area contributed by atoms with E-state index in [9.17, 15) is 4.79 Å². The Balaban J connectivity index is 3.54. The second-order valence-corrected chi connectivity index (χ2v) is 2.03. The van der Waals surface area contributed by atoms with E-state index in [1.165, 1.54) is 0 Å². The quantitative estimate of drug-likeness (QED) is 0.541. The molecule has 1 unspecified atom stereocenters.